The minimum Gasteiger partial charge on any atom is -0.481 e. The van der Waals surface area contributed by atoms with Gasteiger partial charge >= 0.3 is 11.9 Å². The number of carboxylic acids is 1. The van der Waals surface area contributed by atoms with Gasteiger partial charge in [-0.15, -0.1) is 0 Å². The summed E-state index contributed by atoms with van der Waals surface area (Å²) >= 11 is 0. The Kier molecular flexibility index (Phi) is 7.79. The van der Waals surface area contributed by atoms with Crippen molar-refractivity contribution < 1.29 is 38.9 Å². The second kappa shape index (κ2) is 10.2. The van der Waals surface area contributed by atoms with E-state index < -0.39 is 45.6 Å². The molecule has 2 N–H and O–H groups in total. The third-order valence-electron chi connectivity index (χ3n) is 12.0. The summed E-state index contributed by atoms with van der Waals surface area (Å²) in [6.45, 7) is 13.0. The summed E-state index contributed by atoms with van der Waals surface area (Å²) in [5, 5.41) is 20.9. The number of carboxylic acid groups (broad SMARTS) is 1. The number of rotatable bonds is 8. The molecular formula is C32H46O8. The first-order valence-corrected chi connectivity index (χ1v) is 14.8. The molecule has 2 saturated carbocycles. The van der Waals surface area contributed by atoms with Gasteiger partial charge in [0.15, 0.2) is 5.78 Å². The predicted molar refractivity (Wildman–Crippen MR) is 147 cm³/mol. The van der Waals surface area contributed by atoms with Gasteiger partial charge in [-0.3, -0.25) is 24.0 Å². The molecule has 0 aromatic heterocycles. The Hall–Kier alpha value is -2.35. The molecule has 9 atom stereocenters. The maximum absolute atomic E-state index is 14.1. The molecule has 0 unspecified atom stereocenters. The highest BCUT2D eigenvalue weighted by molar-refractivity contribution is 6.01. The van der Waals surface area contributed by atoms with Crippen molar-refractivity contribution in [3.05, 3.63) is 11.1 Å². The fourth-order valence-electron chi connectivity index (χ4n) is 9.39. The van der Waals surface area contributed by atoms with Gasteiger partial charge in [-0.1, -0.05) is 40.2 Å². The van der Waals surface area contributed by atoms with Gasteiger partial charge in [0.25, 0.3) is 0 Å². The Morgan fingerprint density at radius 3 is 2.27 bits per heavy atom. The van der Waals surface area contributed by atoms with Gasteiger partial charge in [0.05, 0.1) is 17.4 Å². The highest BCUT2D eigenvalue weighted by Gasteiger charge is 2.68. The van der Waals surface area contributed by atoms with Crippen LogP contribution in [0.2, 0.25) is 0 Å². The van der Waals surface area contributed by atoms with Crippen LogP contribution < -0.4 is 0 Å². The van der Waals surface area contributed by atoms with Crippen molar-refractivity contribution in [2.24, 2.45) is 45.3 Å². The van der Waals surface area contributed by atoms with Crippen molar-refractivity contribution in [1.29, 1.82) is 0 Å². The number of allylic oxidation sites excluding steroid dienone is 1. The molecule has 0 radical (unpaired) electrons. The fraction of sp³-hybridized carbons (Fsp3) is 0.781. The van der Waals surface area contributed by atoms with Gasteiger partial charge in [0, 0.05) is 43.6 Å². The lowest BCUT2D eigenvalue weighted by molar-refractivity contribution is -0.159. The van der Waals surface area contributed by atoms with E-state index in [9.17, 15) is 34.2 Å². The number of hydrogen-bond acceptors (Lipinski definition) is 7. The lowest BCUT2D eigenvalue weighted by atomic mass is 9.43. The standard InChI is InChI=1S/C32H46O8/c1-17(12-20(34)13-18(2)28(38)39)22-14-26(37)32(7)27-21(8-11-31(22,32)6)29(4)10-9-25(36)30(5,16-40-19(3)33)24(29)15-23(27)35/h17-18,22,24,26,37H,8-16H2,1-7H3,(H,38,39)/t17-,18+,22-,24-,26-,29-,30+,31-,32+/m1/s1. The molecule has 222 valence electrons. The van der Waals surface area contributed by atoms with Gasteiger partial charge in [-0.25, -0.2) is 0 Å². The van der Waals surface area contributed by atoms with E-state index in [2.05, 4.69) is 13.8 Å². The average Bonchev–Trinajstić information content (AvgIpc) is 3.08. The summed E-state index contributed by atoms with van der Waals surface area (Å²) in [5.41, 5.74) is -0.828. The van der Waals surface area contributed by atoms with E-state index in [1.165, 1.54) is 13.8 Å². The molecule has 8 nitrogen and oxygen atoms in total. The lowest BCUT2D eigenvalue weighted by Crippen LogP contribution is -2.59. The van der Waals surface area contributed by atoms with E-state index in [4.69, 9.17) is 4.74 Å². The number of aliphatic hydroxyl groups is 1. The van der Waals surface area contributed by atoms with Crippen LogP contribution in [-0.4, -0.2) is 52.2 Å². The summed E-state index contributed by atoms with van der Waals surface area (Å²) in [6, 6.07) is 0. The number of carbonyl (C=O) groups is 5. The van der Waals surface area contributed by atoms with Crippen LogP contribution in [0.1, 0.15) is 99.8 Å². The number of ether oxygens (including phenoxy) is 1. The van der Waals surface area contributed by atoms with Gasteiger partial charge in [-0.05, 0) is 61.2 Å². The summed E-state index contributed by atoms with van der Waals surface area (Å²) in [6.07, 6.45) is 2.52. The summed E-state index contributed by atoms with van der Waals surface area (Å²) in [4.78, 5) is 63.0. The molecule has 0 bridgehead atoms. The molecule has 0 heterocycles. The first kappa shape index (κ1) is 30.6. The van der Waals surface area contributed by atoms with E-state index in [-0.39, 0.29) is 61.0 Å². The van der Waals surface area contributed by atoms with E-state index in [0.29, 0.717) is 25.7 Å². The molecule has 0 spiro atoms. The first-order valence-electron chi connectivity index (χ1n) is 14.8. The number of esters is 1. The largest absolute Gasteiger partial charge is 0.481 e. The van der Waals surface area contributed by atoms with E-state index in [0.717, 1.165) is 17.6 Å². The second-order valence-corrected chi connectivity index (χ2v) is 14.2. The van der Waals surface area contributed by atoms with E-state index in [1.54, 1.807) is 0 Å². The van der Waals surface area contributed by atoms with Crippen molar-refractivity contribution in [1.82, 2.24) is 0 Å². The highest BCUT2D eigenvalue weighted by Crippen LogP contribution is 2.71. The molecule has 2 fully saturated rings. The topological polar surface area (TPSA) is 135 Å². The van der Waals surface area contributed by atoms with Gasteiger partial charge in [-0.2, -0.15) is 0 Å². The number of Topliss-reactive ketones (excluding diaryl/α,β-unsaturated/α-hetero) is 3. The second-order valence-electron chi connectivity index (χ2n) is 14.2. The number of fused-ring (bicyclic) bond motifs is 4. The smallest absolute Gasteiger partial charge is 0.306 e. The summed E-state index contributed by atoms with van der Waals surface area (Å²) in [5.74, 6) is -2.64. The highest BCUT2D eigenvalue weighted by atomic mass is 16.5. The van der Waals surface area contributed by atoms with Gasteiger partial charge < -0.3 is 14.9 Å². The number of aliphatic hydroxyl groups excluding tert-OH is 1. The molecule has 0 saturated heterocycles. The maximum atomic E-state index is 14.1. The molecule has 8 heteroatoms. The normalized spacial score (nSPS) is 40.5. The number of hydrogen-bond donors (Lipinski definition) is 2. The molecule has 0 aromatic rings. The molecule has 0 aromatic carbocycles. The van der Waals surface area contributed by atoms with Crippen LogP contribution in [0, 0.1) is 45.3 Å². The maximum Gasteiger partial charge on any atom is 0.306 e. The Morgan fingerprint density at radius 1 is 1.02 bits per heavy atom. The van der Waals surface area contributed by atoms with E-state index in [1.807, 2.05) is 20.8 Å². The van der Waals surface area contributed by atoms with Crippen LogP contribution in [0.25, 0.3) is 0 Å². The Labute approximate surface area is 237 Å². The van der Waals surface area contributed by atoms with Crippen molar-refractivity contribution in [3.63, 3.8) is 0 Å². The van der Waals surface area contributed by atoms with Crippen LogP contribution in [0.5, 0.6) is 0 Å². The Morgan fingerprint density at radius 2 is 1.68 bits per heavy atom. The minimum atomic E-state index is -0.987. The van der Waals surface area contributed by atoms with Gasteiger partial charge in [0.2, 0.25) is 0 Å². The van der Waals surface area contributed by atoms with Crippen molar-refractivity contribution in [2.45, 2.75) is 106 Å². The lowest BCUT2D eigenvalue weighted by Gasteiger charge is -2.60. The predicted octanol–water partition coefficient (Wildman–Crippen LogP) is 4.70. The molecular weight excluding hydrogens is 512 g/mol. The summed E-state index contributed by atoms with van der Waals surface area (Å²) < 4.78 is 5.36. The van der Waals surface area contributed by atoms with Crippen molar-refractivity contribution in [3.8, 4) is 0 Å². The fourth-order valence-corrected chi connectivity index (χ4v) is 9.39. The molecule has 0 aliphatic heterocycles. The minimum absolute atomic E-state index is 0.00821. The van der Waals surface area contributed by atoms with Crippen LogP contribution in [-0.2, 0) is 28.7 Å². The zero-order chi connectivity index (χ0) is 30.0. The third-order valence-corrected chi connectivity index (χ3v) is 12.0. The van der Waals surface area contributed by atoms with E-state index >= 15 is 0 Å². The molecule has 4 aliphatic carbocycles. The molecule has 4 rings (SSSR count). The first-order chi connectivity index (χ1) is 18.4. The average molecular weight is 559 g/mol. The number of ketones is 3. The van der Waals surface area contributed by atoms with Gasteiger partial charge in [0.1, 0.15) is 18.2 Å². The van der Waals surface area contributed by atoms with Crippen molar-refractivity contribution >= 4 is 29.3 Å². The summed E-state index contributed by atoms with van der Waals surface area (Å²) in [7, 11) is 0. The monoisotopic (exact) mass is 558 g/mol. The zero-order valence-electron chi connectivity index (χ0n) is 25.1. The zero-order valence-corrected chi connectivity index (χ0v) is 25.1. The number of aliphatic carboxylic acids is 1. The molecule has 0 amide bonds. The Balaban J connectivity index is 1.70. The number of carbonyl (C=O) groups excluding carboxylic acids is 4. The van der Waals surface area contributed by atoms with Crippen LogP contribution in [0.4, 0.5) is 0 Å². The molecule has 4 aliphatic rings. The van der Waals surface area contributed by atoms with Crippen molar-refractivity contribution in [2.75, 3.05) is 6.61 Å². The van der Waals surface area contributed by atoms with Crippen LogP contribution >= 0.6 is 0 Å². The van der Waals surface area contributed by atoms with Crippen LogP contribution in [0.15, 0.2) is 11.1 Å². The SMILES string of the molecule is CC(=O)OC[C@]1(C)C(=O)CC[C@]2(C)C3=C(C(=O)C[C@@H]12)[C@]1(C)[C@H](O)C[C@H]([C@H](C)CC(=O)C[C@H](C)C(=O)O)[C@@]1(C)CC3. The quantitative estimate of drug-likeness (QED) is 0.409. The third kappa shape index (κ3) is 4.40. The Bertz CT molecular complexity index is 1170. The van der Waals surface area contributed by atoms with Crippen LogP contribution in [0.3, 0.4) is 0 Å². The molecule has 40 heavy (non-hydrogen) atoms.